The van der Waals surface area contributed by atoms with Crippen molar-refractivity contribution in [3.63, 3.8) is 0 Å². The zero-order valence-corrected chi connectivity index (χ0v) is 11.6. The van der Waals surface area contributed by atoms with E-state index in [9.17, 15) is 4.79 Å². The van der Waals surface area contributed by atoms with Crippen molar-refractivity contribution < 1.29 is 9.90 Å². The number of benzene rings is 2. The van der Waals surface area contributed by atoms with Crippen LogP contribution in [0, 0.1) is 0 Å². The molecule has 98 valence electrons. The van der Waals surface area contributed by atoms with Gasteiger partial charge in [-0.15, -0.1) is 0 Å². The summed E-state index contributed by atoms with van der Waals surface area (Å²) in [4.78, 5) is 13.1. The molecule has 2 aromatic carbocycles. The minimum atomic E-state index is -0.789. The first-order chi connectivity index (χ1) is 9.19. The van der Waals surface area contributed by atoms with Gasteiger partial charge in [-0.25, -0.2) is 0 Å². The van der Waals surface area contributed by atoms with Gasteiger partial charge < -0.3 is 5.11 Å². The van der Waals surface area contributed by atoms with E-state index >= 15 is 0 Å². The van der Waals surface area contributed by atoms with Crippen LogP contribution in [0.15, 0.2) is 58.3 Å². The van der Waals surface area contributed by atoms with Crippen molar-refractivity contribution in [3.05, 3.63) is 59.7 Å². The first-order valence-electron chi connectivity index (χ1n) is 6.25. The number of rotatable bonds is 5. The highest BCUT2D eigenvalue weighted by atomic mass is 32.2. The third-order valence-corrected chi connectivity index (χ3v) is 3.97. The van der Waals surface area contributed by atoms with Crippen LogP contribution < -0.4 is 0 Å². The van der Waals surface area contributed by atoms with Gasteiger partial charge in [0.1, 0.15) is 0 Å². The molecule has 0 aromatic heterocycles. The van der Waals surface area contributed by atoms with Crippen molar-refractivity contribution >= 4 is 17.7 Å². The number of hydrogen-bond donors (Lipinski definition) is 1. The fourth-order valence-corrected chi connectivity index (χ4v) is 2.81. The maximum absolute atomic E-state index is 11.0. The molecule has 0 aliphatic heterocycles. The van der Waals surface area contributed by atoms with Crippen LogP contribution in [0.2, 0.25) is 0 Å². The maximum Gasteiger partial charge on any atom is 0.307 e. The van der Waals surface area contributed by atoms with Crippen molar-refractivity contribution in [1.82, 2.24) is 0 Å². The molecule has 0 bridgehead atoms. The summed E-state index contributed by atoms with van der Waals surface area (Å²) in [6.45, 7) is 2.07. The predicted octanol–water partition coefficient (Wildman–Crippen LogP) is 4.03. The second-order valence-electron chi connectivity index (χ2n) is 4.28. The molecule has 2 aromatic rings. The average molecular weight is 272 g/mol. The molecule has 0 radical (unpaired) electrons. The van der Waals surface area contributed by atoms with Crippen LogP contribution in [0.4, 0.5) is 0 Å². The van der Waals surface area contributed by atoms with E-state index in [0.29, 0.717) is 0 Å². The number of hydrogen-bond acceptors (Lipinski definition) is 2. The molecule has 0 aliphatic carbocycles. The third kappa shape index (κ3) is 3.86. The summed E-state index contributed by atoms with van der Waals surface area (Å²) in [5, 5.41) is 9.01. The molecule has 0 atom stereocenters. The molecule has 0 heterocycles. The minimum absolute atomic E-state index is 0.0724. The lowest BCUT2D eigenvalue weighted by atomic mass is 10.1. The van der Waals surface area contributed by atoms with Crippen LogP contribution in [0.3, 0.4) is 0 Å². The van der Waals surface area contributed by atoms with E-state index in [1.807, 2.05) is 42.5 Å². The maximum atomic E-state index is 11.0. The Morgan fingerprint density at radius 1 is 1.16 bits per heavy atom. The Balaban J connectivity index is 2.30. The first-order valence-corrected chi connectivity index (χ1v) is 7.07. The first kappa shape index (κ1) is 13.7. The van der Waals surface area contributed by atoms with Crippen molar-refractivity contribution in [2.45, 2.75) is 29.6 Å². The van der Waals surface area contributed by atoms with Crippen LogP contribution in [0.1, 0.15) is 18.1 Å². The van der Waals surface area contributed by atoms with Gasteiger partial charge in [-0.2, -0.15) is 0 Å². The summed E-state index contributed by atoms with van der Waals surface area (Å²) in [6.07, 6.45) is 0.992. The van der Waals surface area contributed by atoms with Gasteiger partial charge in [0.25, 0.3) is 0 Å². The van der Waals surface area contributed by atoms with Crippen molar-refractivity contribution in [2.75, 3.05) is 0 Å². The van der Waals surface area contributed by atoms with Gasteiger partial charge in [0.15, 0.2) is 0 Å². The molecule has 0 unspecified atom stereocenters. The molecule has 0 spiro atoms. The molecule has 19 heavy (non-hydrogen) atoms. The van der Waals surface area contributed by atoms with Gasteiger partial charge >= 0.3 is 5.97 Å². The second kappa shape index (κ2) is 6.43. The molecule has 0 aliphatic rings. The Hall–Kier alpha value is -1.74. The second-order valence-corrected chi connectivity index (χ2v) is 5.40. The summed E-state index contributed by atoms with van der Waals surface area (Å²) in [7, 11) is 0. The summed E-state index contributed by atoms with van der Waals surface area (Å²) in [6, 6.07) is 16.1. The van der Waals surface area contributed by atoms with Crippen LogP contribution in [0.5, 0.6) is 0 Å². The summed E-state index contributed by atoms with van der Waals surface area (Å²) >= 11 is 1.61. The highest BCUT2D eigenvalue weighted by molar-refractivity contribution is 7.99. The van der Waals surface area contributed by atoms with Gasteiger partial charge in [-0.1, -0.05) is 49.0 Å². The molecule has 0 saturated carbocycles. The van der Waals surface area contributed by atoms with E-state index in [2.05, 4.69) is 13.0 Å². The fourth-order valence-electron chi connectivity index (χ4n) is 1.87. The molecule has 0 amide bonds. The highest BCUT2D eigenvalue weighted by Crippen LogP contribution is 2.31. The van der Waals surface area contributed by atoms with E-state index in [-0.39, 0.29) is 6.42 Å². The Morgan fingerprint density at radius 3 is 2.53 bits per heavy atom. The lowest BCUT2D eigenvalue weighted by Gasteiger charge is -2.09. The molecule has 0 fully saturated rings. The van der Waals surface area contributed by atoms with Gasteiger partial charge in [0.2, 0.25) is 0 Å². The normalized spacial score (nSPS) is 10.4. The number of carboxylic acid groups (broad SMARTS) is 1. The Kier molecular flexibility index (Phi) is 4.63. The van der Waals surface area contributed by atoms with E-state index in [1.165, 1.54) is 5.56 Å². The van der Waals surface area contributed by atoms with Crippen LogP contribution >= 0.6 is 11.8 Å². The lowest BCUT2D eigenvalue weighted by molar-refractivity contribution is -0.136. The van der Waals surface area contributed by atoms with Crippen molar-refractivity contribution in [1.29, 1.82) is 0 Å². The largest absolute Gasteiger partial charge is 0.481 e. The van der Waals surface area contributed by atoms with E-state index < -0.39 is 5.97 Å². The average Bonchev–Trinajstić information content (AvgIpc) is 2.41. The van der Waals surface area contributed by atoms with Crippen LogP contribution in [-0.4, -0.2) is 11.1 Å². The molecule has 0 saturated heterocycles. The summed E-state index contributed by atoms with van der Waals surface area (Å²) in [5.74, 6) is -0.789. The number of aryl methyl sites for hydroxylation is 1. The molecular formula is C16H16O2S. The van der Waals surface area contributed by atoms with E-state index in [0.717, 1.165) is 21.8 Å². The molecular weight excluding hydrogens is 256 g/mol. The van der Waals surface area contributed by atoms with E-state index in [4.69, 9.17) is 5.11 Å². The molecule has 1 N–H and O–H groups in total. The van der Waals surface area contributed by atoms with Crippen molar-refractivity contribution in [2.24, 2.45) is 0 Å². The SMILES string of the molecule is CCc1ccc(Sc2ccccc2)c(CC(=O)O)c1. The fraction of sp³-hybridized carbons (Fsp3) is 0.188. The smallest absolute Gasteiger partial charge is 0.307 e. The molecule has 2 rings (SSSR count). The zero-order valence-electron chi connectivity index (χ0n) is 10.8. The topological polar surface area (TPSA) is 37.3 Å². The van der Waals surface area contributed by atoms with Gasteiger partial charge in [0, 0.05) is 9.79 Å². The summed E-state index contributed by atoms with van der Waals surface area (Å²) in [5.41, 5.74) is 2.06. The van der Waals surface area contributed by atoms with Gasteiger partial charge in [-0.3, -0.25) is 4.79 Å². The lowest BCUT2D eigenvalue weighted by Crippen LogP contribution is -2.02. The Morgan fingerprint density at radius 2 is 1.89 bits per heavy atom. The molecule has 2 nitrogen and oxygen atoms in total. The minimum Gasteiger partial charge on any atom is -0.481 e. The highest BCUT2D eigenvalue weighted by Gasteiger charge is 2.09. The van der Waals surface area contributed by atoms with Crippen molar-refractivity contribution in [3.8, 4) is 0 Å². The number of carboxylic acids is 1. The number of aliphatic carboxylic acids is 1. The molecule has 3 heteroatoms. The zero-order chi connectivity index (χ0) is 13.7. The van der Waals surface area contributed by atoms with E-state index in [1.54, 1.807) is 11.8 Å². The van der Waals surface area contributed by atoms with Gasteiger partial charge in [-0.05, 0) is 35.7 Å². The van der Waals surface area contributed by atoms with Crippen LogP contribution in [-0.2, 0) is 17.6 Å². The van der Waals surface area contributed by atoms with Crippen LogP contribution in [0.25, 0.3) is 0 Å². The van der Waals surface area contributed by atoms with Gasteiger partial charge in [0.05, 0.1) is 6.42 Å². The monoisotopic (exact) mass is 272 g/mol. The predicted molar refractivity (Wildman–Crippen MR) is 77.7 cm³/mol. The quantitative estimate of drug-likeness (QED) is 0.893. The standard InChI is InChI=1S/C16H16O2S/c1-2-12-8-9-15(13(10-12)11-16(17)18)19-14-6-4-3-5-7-14/h3-10H,2,11H2,1H3,(H,17,18). The summed E-state index contributed by atoms with van der Waals surface area (Å²) < 4.78 is 0. The Bertz CT molecular complexity index is 564. The Labute approximate surface area is 117 Å². The number of carbonyl (C=O) groups is 1. The third-order valence-electron chi connectivity index (χ3n) is 2.85.